The van der Waals surface area contributed by atoms with Crippen molar-refractivity contribution in [2.45, 2.75) is 97.4 Å². The summed E-state index contributed by atoms with van der Waals surface area (Å²) in [7, 11) is 0. The lowest BCUT2D eigenvalue weighted by Gasteiger charge is -2.32. The van der Waals surface area contributed by atoms with E-state index in [1.54, 1.807) is 0 Å². The Bertz CT molecular complexity index is 2050. The van der Waals surface area contributed by atoms with Crippen molar-refractivity contribution < 1.29 is 23.6 Å². The monoisotopic (exact) mass is 685 g/mol. The molecule has 0 aliphatic carbocycles. The molecule has 6 rings (SSSR count). The van der Waals surface area contributed by atoms with E-state index in [1.165, 1.54) is 44.1 Å². The van der Waals surface area contributed by atoms with Gasteiger partial charge in [-0.3, -0.25) is 4.79 Å². The molecule has 6 nitrogen and oxygen atoms in total. The molecule has 266 valence electrons. The number of carbonyl (C=O) groups is 2. The van der Waals surface area contributed by atoms with Gasteiger partial charge in [-0.1, -0.05) is 87.9 Å². The minimum atomic E-state index is -0.432. The van der Waals surface area contributed by atoms with Crippen molar-refractivity contribution >= 4 is 50.6 Å². The number of nitrogens with zero attached hydrogens (tertiary/aromatic N) is 2. The number of fused-ring (bicyclic) bond motifs is 6. The van der Waals surface area contributed by atoms with Crippen LogP contribution in [0.1, 0.15) is 91.7 Å². The number of hydrogen-bond donors (Lipinski definition) is 0. The molecule has 6 heteroatoms. The molecule has 0 saturated carbocycles. The highest BCUT2D eigenvalue weighted by atomic mass is 16.5. The predicted octanol–water partition coefficient (Wildman–Crippen LogP) is 10.1. The molecule has 0 amide bonds. The van der Waals surface area contributed by atoms with Crippen LogP contribution in [0.5, 0.6) is 0 Å². The van der Waals surface area contributed by atoms with Gasteiger partial charge in [-0.05, 0) is 85.9 Å². The highest BCUT2D eigenvalue weighted by molar-refractivity contribution is 6.08. The average molecular weight is 686 g/mol. The van der Waals surface area contributed by atoms with E-state index in [4.69, 9.17) is 9.47 Å². The molecule has 4 aromatic rings. The van der Waals surface area contributed by atoms with E-state index in [9.17, 15) is 9.59 Å². The van der Waals surface area contributed by atoms with Gasteiger partial charge in [0.05, 0.1) is 18.6 Å². The van der Waals surface area contributed by atoms with Gasteiger partial charge in [-0.2, -0.15) is 4.58 Å². The Labute approximate surface area is 303 Å². The highest BCUT2D eigenvalue weighted by Crippen LogP contribution is 2.52. The lowest BCUT2D eigenvalue weighted by Crippen LogP contribution is -2.42. The molecule has 2 heterocycles. The molecular weight excluding hydrogens is 633 g/mol. The van der Waals surface area contributed by atoms with Gasteiger partial charge in [-0.25, -0.2) is 4.79 Å². The van der Waals surface area contributed by atoms with Crippen molar-refractivity contribution in [2.24, 2.45) is 0 Å². The van der Waals surface area contributed by atoms with Gasteiger partial charge in [0, 0.05) is 47.3 Å². The number of ether oxygens (including phenoxy) is 2. The van der Waals surface area contributed by atoms with Crippen molar-refractivity contribution in [3.05, 3.63) is 108 Å². The van der Waals surface area contributed by atoms with Crippen molar-refractivity contribution in [1.29, 1.82) is 0 Å². The molecule has 0 radical (unpaired) electrons. The summed E-state index contributed by atoms with van der Waals surface area (Å²) in [5, 5.41) is 4.89. The number of hydrogen-bond acceptors (Lipinski definition) is 5. The van der Waals surface area contributed by atoms with Crippen molar-refractivity contribution in [3.8, 4) is 0 Å². The second-order valence-electron chi connectivity index (χ2n) is 14.7. The largest absolute Gasteiger partial charge is 0.466 e. The molecule has 0 N–H and O–H groups in total. The van der Waals surface area contributed by atoms with Gasteiger partial charge in [0.25, 0.3) is 0 Å². The minimum absolute atomic E-state index is 0.136. The van der Waals surface area contributed by atoms with Crippen LogP contribution >= 0.6 is 0 Å². The number of benzene rings is 4. The summed E-state index contributed by atoms with van der Waals surface area (Å²) in [5.41, 5.74) is 6.49. The Morgan fingerprint density at radius 1 is 0.784 bits per heavy atom. The Balaban J connectivity index is 1.46. The first-order valence-corrected chi connectivity index (χ1v) is 18.8. The lowest BCUT2D eigenvalue weighted by atomic mass is 9.79. The molecule has 1 atom stereocenters. The first kappa shape index (κ1) is 36.1. The molecule has 0 spiro atoms. The van der Waals surface area contributed by atoms with Crippen molar-refractivity contribution in [3.63, 3.8) is 0 Å². The van der Waals surface area contributed by atoms with Gasteiger partial charge in [0.15, 0.2) is 5.71 Å². The summed E-state index contributed by atoms with van der Waals surface area (Å²) < 4.78 is 13.3. The summed E-state index contributed by atoms with van der Waals surface area (Å²) in [4.78, 5) is 28.0. The third kappa shape index (κ3) is 6.61. The van der Waals surface area contributed by atoms with Crippen LogP contribution in [-0.4, -0.2) is 48.0 Å². The molecule has 4 aromatic carbocycles. The Morgan fingerprint density at radius 2 is 1.43 bits per heavy atom. The number of esters is 2. The van der Waals surface area contributed by atoms with E-state index in [1.807, 2.05) is 13.8 Å². The van der Waals surface area contributed by atoms with Crippen molar-refractivity contribution in [2.75, 3.05) is 24.7 Å². The van der Waals surface area contributed by atoms with Crippen LogP contribution in [0, 0.1) is 0 Å². The molecule has 51 heavy (non-hydrogen) atoms. The van der Waals surface area contributed by atoms with Crippen molar-refractivity contribution in [1.82, 2.24) is 0 Å². The number of unbranched alkanes of at least 4 members (excludes halogenated alkanes) is 1. The zero-order valence-electron chi connectivity index (χ0n) is 31.4. The maximum atomic E-state index is 13.6. The molecule has 0 fully saturated rings. The van der Waals surface area contributed by atoms with Crippen LogP contribution in [0.4, 0.5) is 11.4 Å². The fraction of sp³-hybridized carbons (Fsp3) is 0.400. The van der Waals surface area contributed by atoms with E-state index in [-0.39, 0.29) is 22.8 Å². The number of anilines is 1. The third-order valence-corrected chi connectivity index (χ3v) is 10.7. The first-order valence-electron chi connectivity index (χ1n) is 18.8. The van der Waals surface area contributed by atoms with Crippen LogP contribution in [0.2, 0.25) is 0 Å². The van der Waals surface area contributed by atoms with E-state index < -0.39 is 6.04 Å². The van der Waals surface area contributed by atoms with E-state index in [0.717, 1.165) is 37.2 Å². The number of carbonyl (C=O) groups excluding carboxylic acids is 2. The topological polar surface area (TPSA) is 58.8 Å². The second kappa shape index (κ2) is 14.9. The fourth-order valence-corrected chi connectivity index (χ4v) is 8.44. The maximum Gasteiger partial charge on any atom is 0.329 e. The summed E-state index contributed by atoms with van der Waals surface area (Å²) in [6, 6.07) is 25.6. The summed E-state index contributed by atoms with van der Waals surface area (Å²) in [6.45, 7) is 16.6. The lowest BCUT2D eigenvalue weighted by molar-refractivity contribution is -0.438. The predicted molar refractivity (Wildman–Crippen MR) is 209 cm³/mol. The third-order valence-electron chi connectivity index (χ3n) is 10.7. The Morgan fingerprint density at radius 3 is 2.10 bits per heavy atom. The van der Waals surface area contributed by atoms with E-state index in [2.05, 4.69) is 135 Å². The molecule has 1 unspecified atom stereocenters. The fourth-order valence-electron chi connectivity index (χ4n) is 8.44. The highest BCUT2D eigenvalue weighted by Gasteiger charge is 2.47. The standard InChI is InChI=1S/C45H53N2O4/c1-8-18-37(43(49)51-10-3)47-36-29-27-32-20-12-14-22-34(32)42(36)45(6,7)39(47)24-17-23-38-44(4,5)41-33-21-13-11-19-31(33)26-28-35(41)46(38)30-16-15-25-40(48)50-9-2/h11-14,17,19-24,26-29,37H,8-10,15-16,18,25,30H2,1-7H3/q+1. The van der Waals surface area contributed by atoms with Gasteiger partial charge < -0.3 is 14.4 Å². The smallest absolute Gasteiger partial charge is 0.329 e. The van der Waals surface area contributed by atoms with E-state index >= 15 is 0 Å². The Hall–Kier alpha value is -4.71. The summed E-state index contributed by atoms with van der Waals surface area (Å²) in [6.07, 6.45) is 10.3. The van der Waals surface area contributed by atoms with Crippen LogP contribution in [0.3, 0.4) is 0 Å². The zero-order valence-corrected chi connectivity index (χ0v) is 31.4. The van der Waals surface area contributed by atoms with Crippen LogP contribution in [0.25, 0.3) is 21.5 Å². The summed E-state index contributed by atoms with van der Waals surface area (Å²) >= 11 is 0. The van der Waals surface area contributed by atoms with Gasteiger partial charge in [0.2, 0.25) is 5.69 Å². The second-order valence-corrected chi connectivity index (χ2v) is 14.7. The Kier molecular flexibility index (Phi) is 10.5. The quantitative estimate of drug-likeness (QED) is 0.0797. The number of rotatable bonds is 13. The van der Waals surface area contributed by atoms with Gasteiger partial charge in [-0.15, -0.1) is 0 Å². The molecule has 0 aromatic heterocycles. The normalized spacial score (nSPS) is 17.4. The zero-order chi connectivity index (χ0) is 36.3. The summed E-state index contributed by atoms with van der Waals surface area (Å²) in [5.74, 6) is -0.322. The molecular formula is C45H53N2O4+. The van der Waals surface area contributed by atoms with Crippen LogP contribution in [0.15, 0.2) is 96.7 Å². The van der Waals surface area contributed by atoms with Crippen LogP contribution < -0.4 is 4.90 Å². The first-order chi connectivity index (χ1) is 24.6. The minimum Gasteiger partial charge on any atom is -0.466 e. The molecule has 2 aliphatic rings. The van der Waals surface area contributed by atoms with Gasteiger partial charge in [0.1, 0.15) is 12.6 Å². The SMILES string of the molecule is CCCC(C(=O)OCC)N1/C(=C\C=C\C2=[N+](CCCCC(=O)OCC)c3ccc4ccccc4c3C2(C)C)C(C)(C)c2c1ccc1ccccc21. The van der Waals surface area contributed by atoms with Crippen LogP contribution in [-0.2, 0) is 29.9 Å². The van der Waals surface area contributed by atoms with E-state index in [0.29, 0.717) is 26.1 Å². The number of allylic oxidation sites excluding steroid dienone is 4. The maximum absolute atomic E-state index is 13.6. The average Bonchev–Trinajstić information content (AvgIpc) is 3.48. The molecule has 0 saturated heterocycles. The molecule has 0 bridgehead atoms. The van der Waals surface area contributed by atoms with Gasteiger partial charge >= 0.3 is 11.9 Å². The molecule has 2 aliphatic heterocycles.